The Bertz CT molecular complexity index is 994. The van der Waals surface area contributed by atoms with Crippen LogP contribution in [0, 0.1) is 0 Å². The van der Waals surface area contributed by atoms with E-state index in [4.69, 9.17) is 32.7 Å². The third-order valence-electron chi connectivity index (χ3n) is 4.30. The second kappa shape index (κ2) is 9.32. The van der Waals surface area contributed by atoms with Gasteiger partial charge in [-0.05, 0) is 37.3 Å². The van der Waals surface area contributed by atoms with Gasteiger partial charge in [-0.3, -0.25) is 4.79 Å². The smallest absolute Gasteiger partial charge is 0.265 e. The highest BCUT2D eigenvalue weighted by Crippen LogP contribution is 2.32. The van der Waals surface area contributed by atoms with Crippen LogP contribution in [0.5, 0.6) is 5.75 Å². The number of benzene rings is 2. The molecule has 0 spiro atoms. The van der Waals surface area contributed by atoms with Crippen molar-refractivity contribution in [2.24, 2.45) is 0 Å². The van der Waals surface area contributed by atoms with Gasteiger partial charge >= 0.3 is 0 Å². The Hall–Kier alpha value is -1.84. The summed E-state index contributed by atoms with van der Waals surface area (Å²) in [6, 6.07) is 11.0. The molecule has 1 N–H and O–H groups in total. The van der Waals surface area contributed by atoms with Crippen molar-refractivity contribution in [3.8, 4) is 5.75 Å². The number of carbonyl (C=O) groups is 1. The molecule has 1 saturated heterocycles. The average molecular weight is 459 g/mol. The first-order valence-electron chi connectivity index (χ1n) is 8.88. The van der Waals surface area contributed by atoms with E-state index in [0.717, 1.165) is 0 Å². The Morgan fingerprint density at radius 3 is 2.59 bits per heavy atom. The third kappa shape index (κ3) is 5.21. The van der Waals surface area contributed by atoms with Crippen LogP contribution in [0.4, 0.5) is 5.69 Å². The number of amides is 1. The summed E-state index contributed by atoms with van der Waals surface area (Å²) in [7, 11) is -3.66. The largest absolute Gasteiger partial charge is 0.479 e. The van der Waals surface area contributed by atoms with Crippen LogP contribution in [0.15, 0.2) is 47.4 Å². The molecule has 156 valence electrons. The zero-order valence-electron chi connectivity index (χ0n) is 15.6. The molecule has 2 aromatic rings. The lowest BCUT2D eigenvalue weighted by Crippen LogP contribution is -2.40. The lowest BCUT2D eigenvalue weighted by Gasteiger charge is -2.26. The molecule has 29 heavy (non-hydrogen) atoms. The molecule has 7 nitrogen and oxygen atoms in total. The van der Waals surface area contributed by atoms with Gasteiger partial charge in [-0.1, -0.05) is 35.3 Å². The molecule has 10 heteroatoms. The lowest BCUT2D eigenvalue weighted by atomic mass is 10.3. The van der Waals surface area contributed by atoms with Crippen LogP contribution in [-0.2, 0) is 19.6 Å². The highest BCUT2D eigenvalue weighted by molar-refractivity contribution is 7.89. The number of sulfonamides is 1. The Labute approximate surface area is 179 Å². The number of halogens is 2. The molecule has 2 aromatic carbocycles. The normalized spacial score (nSPS) is 16.2. The van der Waals surface area contributed by atoms with Crippen LogP contribution >= 0.6 is 23.2 Å². The second-order valence-corrected chi connectivity index (χ2v) is 9.07. The minimum atomic E-state index is -3.66. The van der Waals surface area contributed by atoms with Crippen molar-refractivity contribution < 1.29 is 22.7 Å². The summed E-state index contributed by atoms with van der Waals surface area (Å²) in [5.74, 6) is -0.174. The van der Waals surface area contributed by atoms with Gasteiger partial charge in [0, 0.05) is 18.8 Å². The molecule has 1 atom stereocenters. The maximum absolute atomic E-state index is 12.8. The monoisotopic (exact) mass is 458 g/mol. The van der Waals surface area contributed by atoms with Crippen molar-refractivity contribution in [1.82, 2.24) is 4.31 Å². The Morgan fingerprint density at radius 1 is 1.17 bits per heavy atom. The molecule has 0 saturated carbocycles. The van der Waals surface area contributed by atoms with E-state index >= 15 is 0 Å². The van der Waals surface area contributed by atoms with Gasteiger partial charge in [-0.15, -0.1) is 0 Å². The van der Waals surface area contributed by atoms with Gasteiger partial charge < -0.3 is 14.8 Å². The average Bonchev–Trinajstić information content (AvgIpc) is 2.72. The van der Waals surface area contributed by atoms with Gasteiger partial charge in [0.25, 0.3) is 5.91 Å². The third-order valence-corrected chi connectivity index (χ3v) is 6.99. The molecule has 0 aromatic heterocycles. The first-order chi connectivity index (χ1) is 13.8. The summed E-state index contributed by atoms with van der Waals surface area (Å²) in [5, 5.41) is 3.20. The number of hydrogen-bond donors (Lipinski definition) is 1. The number of anilines is 1. The predicted molar refractivity (Wildman–Crippen MR) is 111 cm³/mol. The predicted octanol–water partition coefficient (Wildman–Crippen LogP) is 3.42. The number of nitrogens with one attached hydrogen (secondary N) is 1. The van der Waals surface area contributed by atoms with Gasteiger partial charge in [-0.2, -0.15) is 4.31 Å². The summed E-state index contributed by atoms with van der Waals surface area (Å²) in [6.45, 7) is 2.86. The molecule has 1 fully saturated rings. The topological polar surface area (TPSA) is 84.9 Å². The first kappa shape index (κ1) is 21.9. The molecular formula is C19H20Cl2N2O5S. The van der Waals surface area contributed by atoms with E-state index in [1.54, 1.807) is 37.3 Å². The molecule has 3 rings (SSSR count). The van der Waals surface area contributed by atoms with E-state index < -0.39 is 22.0 Å². The van der Waals surface area contributed by atoms with Crippen LogP contribution in [0.25, 0.3) is 0 Å². The minimum absolute atomic E-state index is 0.101. The first-order valence-corrected chi connectivity index (χ1v) is 11.1. The highest BCUT2D eigenvalue weighted by Gasteiger charge is 2.26. The zero-order valence-corrected chi connectivity index (χ0v) is 17.9. The maximum atomic E-state index is 12.8. The van der Waals surface area contributed by atoms with E-state index in [1.807, 2.05) is 0 Å². The molecule has 0 aliphatic carbocycles. The van der Waals surface area contributed by atoms with Gasteiger partial charge in [0.15, 0.2) is 6.10 Å². The number of carbonyl (C=O) groups excluding carboxylic acids is 1. The van der Waals surface area contributed by atoms with E-state index in [-0.39, 0.29) is 15.7 Å². The fraction of sp³-hybridized carbons (Fsp3) is 0.316. The Balaban J connectivity index is 1.70. The van der Waals surface area contributed by atoms with Crippen LogP contribution < -0.4 is 10.1 Å². The minimum Gasteiger partial charge on any atom is -0.479 e. The summed E-state index contributed by atoms with van der Waals surface area (Å²) in [4.78, 5) is 12.6. The maximum Gasteiger partial charge on any atom is 0.265 e. The van der Waals surface area contributed by atoms with Crippen LogP contribution in [0.2, 0.25) is 10.0 Å². The summed E-state index contributed by atoms with van der Waals surface area (Å²) in [6.07, 6.45) is -0.884. The van der Waals surface area contributed by atoms with E-state index in [0.29, 0.717) is 37.0 Å². The van der Waals surface area contributed by atoms with Crippen molar-refractivity contribution in [2.45, 2.75) is 17.9 Å². The number of morpholine rings is 1. The van der Waals surface area contributed by atoms with Crippen molar-refractivity contribution in [3.05, 3.63) is 52.5 Å². The molecule has 0 radical (unpaired) electrons. The fourth-order valence-electron chi connectivity index (χ4n) is 2.73. The quantitative estimate of drug-likeness (QED) is 0.716. The van der Waals surface area contributed by atoms with E-state index in [1.165, 1.54) is 16.4 Å². The van der Waals surface area contributed by atoms with Gasteiger partial charge in [0.05, 0.1) is 23.1 Å². The van der Waals surface area contributed by atoms with Crippen LogP contribution in [0.3, 0.4) is 0 Å². The van der Waals surface area contributed by atoms with E-state index in [2.05, 4.69) is 5.32 Å². The highest BCUT2D eigenvalue weighted by atomic mass is 35.5. The zero-order chi connectivity index (χ0) is 21.0. The Morgan fingerprint density at radius 2 is 1.86 bits per heavy atom. The van der Waals surface area contributed by atoms with Crippen molar-refractivity contribution in [1.29, 1.82) is 0 Å². The summed E-state index contributed by atoms with van der Waals surface area (Å²) in [5.41, 5.74) is 0.344. The SMILES string of the molecule is CC(Oc1cccc(Cl)c1Cl)C(=O)Nc1cccc(S(=O)(=O)N2CCOCC2)c1. The van der Waals surface area contributed by atoms with Gasteiger partial charge in [-0.25, -0.2) is 8.42 Å². The standard InChI is InChI=1S/C19H20Cl2N2O5S/c1-13(28-17-7-3-6-16(20)18(17)21)19(24)22-14-4-2-5-15(12-14)29(25,26)23-8-10-27-11-9-23/h2-7,12-13H,8-11H2,1H3,(H,22,24). The molecule has 1 heterocycles. The number of rotatable bonds is 6. The number of nitrogens with zero attached hydrogens (tertiary/aromatic N) is 1. The summed E-state index contributed by atoms with van der Waals surface area (Å²) >= 11 is 12.0. The second-order valence-electron chi connectivity index (χ2n) is 6.35. The van der Waals surface area contributed by atoms with Crippen LogP contribution in [0.1, 0.15) is 6.92 Å². The number of hydrogen-bond acceptors (Lipinski definition) is 5. The molecule has 0 bridgehead atoms. The summed E-state index contributed by atoms with van der Waals surface area (Å²) < 4.78 is 37.7. The van der Waals surface area contributed by atoms with Crippen LogP contribution in [-0.4, -0.2) is 51.0 Å². The van der Waals surface area contributed by atoms with Gasteiger partial charge in [0.1, 0.15) is 10.8 Å². The molecule has 1 aliphatic heterocycles. The van der Waals surface area contributed by atoms with Crippen molar-refractivity contribution >= 4 is 44.8 Å². The van der Waals surface area contributed by atoms with Gasteiger partial charge in [0.2, 0.25) is 10.0 Å². The molecule has 1 amide bonds. The Kier molecular flexibility index (Phi) is 7.02. The molecule has 1 unspecified atom stereocenters. The van der Waals surface area contributed by atoms with E-state index in [9.17, 15) is 13.2 Å². The lowest BCUT2D eigenvalue weighted by molar-refractivity contribution is -0.122. The van der Waals surface area contributed by atoms with Crippen molar-refractivity contribution in [2.75, 3.05) is 31.6 Å². The molecular weight excluding hydrogens is 439 g/mol. The molecule has 1 aliphatic rings. The fourth-order valence-corrected chi connectivity index (χ4v) is 4.52. The van der Waals surface area contributed by atoms with Crippen molar-refractivity contribution in [3.63, 3.8) is 0 Å². The number of ether oxygens (including phenoxy) is 2.